The third-order valence-electron chi connectivity index (χ3n) is 3.73. The van der Waals surface area contributed by atoms with Crippen LogP contribution in [0.5, 0.6) is 11.5 Å². The summed E-state index contributed by atoms with van der Waals surface area (Å²) < 4.78 is 16.0. The van der Waals surface area contributed by atoms with Crippen molar-refractivity contribution in [3.63, 3.8) is 0 Å². The van der Waals surface area contributed by atoms with Gasteiger partial charge in [-0.2, -0.15) is 0 Å². The average Bonchev–Trinajstić information content (AvgIpc) is 2.66. The number of methoxy groups -OCH3 is 2. The number of nitrogens with one attached hydrogen (secondary N) is 1. The van der Waals surface area contributed by atoms with Crippen LogP contribution in [0.15, 0.2) is 48.5 Å². The fourth-order valence-corrected chi connectivity index (χ4v) is 2.41. The minimum atomic E-state index is -0.189. The van der Waals surface area contributed by atoms with Crippen LogP contribution in [0.3, 0.4) is 0 Å². The number of carbonyl (C=O) groups excluding carboxylic acids is 1. The molecular weight excluding hydrogens is 330 g/mol. The van der Waals surface area contributed by atoms with Gasteiger partial charge in [-0.15, -0.1) is 0 Å². The smallest absolute Gasteiger partial charge is 0.258 e. The molecule has 26 heavy (non-hydrogen) atoms. The predicted octanol–water partition coefficient (Wildman–Crippen LogP) is 3.57. The van der Waals surface area contributed by atoms with Crippen LogP contribution in [0.1, 0.15) is 23.6 Å². The fourth-order valence-electron chi connectivity index (χ4n) is 2.41. The number of hydrogen-bond donors (Lipinski definition) is 1. The molecule has 0 bridgehead atoms. The van der Waals surface area contributed by atoms with Gasteiger partial charge in [-0.1, -0.05) is 42.5 Å². The van der Waals surface area contributed by atoms with E-state index in [4.69, 9.17) is 14.2 Å². The lowest BCUT2D eigenvalue weighted by atomic mass is 10.1. The second-order valence-electron chi connectivity index (χ2n) is 5.73. The molecule has 0 saturated heterocycles. The van der Waals surface area contributed by atoms with E-state index in [1.807, 2.05) is 55.5 Å². The predicted molar refractivity (Wildman–Crippen MR) is 102 cm³/mol. The van der Waals surface area contributed by atoms with Gasteiger partial charge in [0.1, 0.15) is 0 Å². The first-order valence-corrected chi connectivity index (χ1v) is 8.43. The first kappa shape index (κ1) is 19.5. The van der Waals surface area contributed by atoms with Crippen molar-refractivity contribution in [3.8, 4) is 11.5 Å². The van der Waals surface area contributed by atoms with E-state index in [0.717, 1.165) is 16.7 Å². The lowest BCUT2D eigenvalue weighted by molar-refractivity contribution is -0.123. The summed E-state index contributed by atoms with van der Waals surface area (Å²) in [4.78, 5) is 12.0. The molecule has 2 aromatic rings. The number of ether oxygens (including phenoxy) is 3. The molecule has 2 rings (SSSR count). The van der Waals surface area contributed by atoms with Crippen LogP contribution in [0.25, 0.3) is 6.08 Å². The molecule has 0 aromatic heterocycles. The van der Waals surface area contributed by atoms with Gasteiger partial charge in [-0.3, -0.25) is 4.79 Å². The van der Waals surface area contributed by atoms with E-state index in [-0.39, 0.29) is 12.5 Å². The molecule has 5 nitrogen and oxygen atoms in total. The fraction of sp³-hybridized carbons (Fsp3) is 0.286. The van der Waals surface area contributed by atoms with Gasteiger partial charge in [-0.25, -0.2) is 0 Å². The number of benzene rings is 2. The molecule has 0 fully saturated rings. The maximum absolute atomic E-state index is 12.0. The number of rotatable bonds is 9. The quantitative estimate of drug-likeness (QED) is 0.747. The lowest BCUT2D eigenvalue weighted by Crippen LogP contribution is -2.28. The number of hydrogen-bond acceptors (Lipinski definition) is 4. The SMILES string of the molecule is C/C=C/c1ccc(OCC(=O)NCc2ccc(COC)cc2)c(OC)c1. The summed E-state index contributed by atoms with van der Waals surface area (Å²) in [5.41, 5.74) is 3.13. The molecule has 0 aliphatic heterocycles. The highest BCUT2D eigenvalue weighted by Gasteiger charge is 2.08. The summed E-state index contributed by atoms with van der Waals surface area (Å²) in [5.74, 6) is 0.951. The first-order chi connectivity index (χ1) is 12.7. The highest BCUT2D eigenvalue weighted by Crippen LogP contribution is 2.28. The molecule has 1 N–H and O–H groups in total. The van der Waals surface area contributed by atoms with Crippen molar-refractivity contribution in [2.75, 3.05) is 20.8 Å². The van der Waals surface area contributed by atoms with Gasteiger partial charge < -0.3 is 19.5 Å². The van der Waals surface area contributed by atoms with Crippen LogP contribution in [0.2, 0.25) is 0 Å². The third-order valence-corrected chi connectivity index (χ3v) is 3.73. The van der Waals surface area contributed by atoms with Crippen molar-refractivity contribution in [1.82, 2.24) is 5.32 Å². The molecule has 0 saturated carbocycles. The Morgan fingerprint density at radius 3 is 2.42 bits per heavy atom. The zero-order valence-corrected chi connectivity index (χ0v) is 15.5. The van der Waals surface area contributed by atoms with Crippen molar-refractivity contribution in [3.05, 3.63) is 65.2 Å². The molecule has 0 unspecified atom stereocenters. The van der Waals surface area contributed by atoms with E-state index in [0.29, 0.717) is 24.7 Å². The lowest BCUT2D eigenvalue weighted by Gasteiger charge is -2.12. The Kier molecular flexibility index (Phi) is 7.71. The Labute approximate surface area is 154 Å². The summed E-state index contributed by atoms with van der Waals surface area (Å²) >= 11 is 0. The Morgan fingerprint density at radius 1 is 1.04 bits per heavy atom. The molecule has 2 aromatic carbocycles. The van der Waals surface area contributed by atoms with Crippen molar-refractivity contribution < 1.29 is 19.0 Å². The monoisotopic (exact) mass is 355 g/mol. The zero-order chi connectivity index (χ0) is 18.8. The third kappa shape index (κ3) is 5.93. The van der Waals surface area contributed by atoms with Crippen LogP contribution in [0.4, 0.5) is 0 Å². The zero-order valence-electron chi connectivity index (χ0n) is 15.5. The van der Waals surface area contributed by atoms with E-state index in [2.05, 4.69) is 5.32 Å². The average molecular weight is 355 g/mol. The topological polar surface area (TPSA) is 56.8 Å². The van der Waals surface area contributed by atoms with Gasteiger partial charge in [0.05, 0.1) is 13.7 Å². The summed E-state index contributed by atoms with van der Waals surface area (Å²) in [6, 6.07) is 13.5. The summed E-state index contributed by atoms with van der Waals surface area (Å²) in [6.07, 6.45) is 3.92. The van der Waals surface area contributed by atoms with Crippen molar-refractivity contribution in [2.24, 2.45) is 0 Å². The first-order valence-electron chi connectivity index (χ1n) is 8.43. The van der Waals surface area contributed by atoms with Crippen LogP contribution in [-0.4, -0.2) is 26.7 Å². The summed E-state index contributed by atoms with van der Waals surface area (Å²) in [6.45, 7) is 2.91. The van der Waals surface area contributed by atoms with E-state index in [1.54, 1.807) is 20.3 Å². The second kappa shape index (κ2) is 10.3. The maximum Gasteiger partial charge on any atom is 0.258 e. The normalized spacial score (nSPS) is 10.7. The van der Waals surface area contributed by atoms with Gasteiger partial charge >= 0.3 is 0 Å². The number of amides is 1. The van der Waals surface area contributed by atoms with Gasteiger partial charge in [0, 0.05) is 13.7 Å². The molecule has 5 heteroatoms. The standard InChI is InChI=1S/C21H25NO4/c1-4-5-16-10-11-19(20(12-16)25-3)26-15-21(23)22-13-17-6-8-18(9-7-17)14-24-2/h4-12H,13-15H2,1-3H3,(H,22,23)/b5-4+. The summed E-state index contributed by atoms with van der Waals surface area (Å²) in [7, 11) is 3.24. The molecule has 1 amide bonds. The molecular formula is C21H25NO4. The van der Waals surface area contributed by atoms with Crippen molar-refractivity contribution in [1.29, 1.82) is 0 Å². The number of allylic oxidation sites excluding steroid dienone is 1. The van der Waals surface area contributed by atoms with E-state index >= 15 is 0 Å². The molecule has 0 atom stereocenters. The van der Waals surface area contributed by atoms with Gasteiger partial charge in [0.2, 0.25) is 0 Å². The van der Waals surface area contributed by atoms with Crippen molar-refractivity contribution >= 4 is 12.0 Å². The van der Waals surface area contributed by atoms with E-state index in [1.165, 1.54) is 0 Å². The van der Waals surface area contributed by atoms with Gasteiger partial charge in [0.25, 0.3) is 5.91 Å². The Morgan fingerprint density at radius 2 is 1.77 bits per heavy atom. The number of carbonyl (C=O) groups is 1. The van der Waals surface area contributed by atoms with Crippen molar-refractivity contribution in [2.45, 2.75) is 20.1 Å². The van der Waals surface area contributed by atoms with Crippen LogP contribution < -0.4 is 14.8 Å². The maximum atomic E-state index is 12.0. The molecule has 138 valence electrons. The highest BCUT2D eigenvalue weighted by molar-refractivity contribution is 5.77. The largest absolute Gasteiger partial charge is 0.493 e. The molecule has 0 aliphatic carbocycles. The second-order valence-corrected chi connectivity index (χ2v) is 5.73. The van der Waals surface area contributed by atoms with E-state index in [9.17, 15) is 4.79 Å². The Balaban J connectivity index is 1.84. The molecule has 0 heterocycles. The minimum absolute atomic E-state index is 0.0684. The molecule has 0 aliphatic rings. The Bertz CT molecular complexity index is 738. The molecule has 0 radical (unpaired) electrons. The molecule has 0 spiro atoms. The van der Waals surface area contributed by atoms with Crippen LogP contribution in [0, 0.1) is 0 Å². The van der Waals surface area contributed by atoms with Crippen LogP contribution >= 0.6 is 0 Å². The minimum Gasteiger partial charge on any atom is -0.493 e. The Hall–Kier alpha value is -2.79. The van der Waals surface area contributed by atoms with Crippen LogP contribution in [-0.2, 0) is 22.7 Å². The summed E-state index contributed by atoms with van der Waals surface area (Å²) in [5, 5.41) is 2.84. The van der Waals surface area contributed by atoms with Gasteiger partial charge in [0.15, 0.2) is 18.1 Å². The van der Waals surface area contributed by atoms with Gasteiger partial charge in [-0.05, 0) is 35.7 Å². The van der Waals surface area contributed by atoms with E-state index < -0.39 is 0 Å². The highest BCUT2D eigenvalue weighted by atomic mass is 16.5.